The zero-order chi connectivity index (χ0) is 19.9. The fraction of sp³-hybridized carbons (Fsp3) is 0. The highest BCUT2D eigenvalue weighted by Gasteiger charge is 2.33. The van der Waals surface area contributed by atoms with Crippen molar-refractivity contribution in [3.8, 4) is 11.3 Å². The first-order valence-corrected chi connectivity index (χ1v) is 7.21. The highest BCUT2D eigenvalue weighted by molar-refractivity contribution is 6.10. The normalized spacial score (nSPS) is 10.9. The van der Waals surface area contributed by atoms with Gasteiger partial charge in [-0.25, -0.2) is 30.7 Å². The number of hydrogen-bond acceptors (Lipinski definition) is 2. The summed E-state index contributed by atoms with van der Waals surface area (Å²) in [5, 5.41) is 0. The second-order valence-electron chi connectivity index (χ2n) is 5.27. The lowest BCUT2D eigenvalue weighted by molar-refractivity contribution is 0.102. The van der Waals surface area contributed by atoms with E-state index in [1.54, 1.807) is 0 Å². The van der Waals surface area contributed by atoms with Gasteiger partial charge >= 0.3 is 0 Å². The maximum absolute atomic E-state index is 14.7. The van der Waals surface area contributed by atoms with Crippen molar-refractivity contribution < 1.29 is 35.5 Å². The number of carbonyl (C=O) groups excluding carboxylic acids is 1. The molecular formula is C18H6F7NO. The molecule has 3 rings (SSSR count). The average Bonchev–Trinajstić information content (AvgIpc) is 2.66. The molecule has 0 bridgehead atoms. The van der Waals surface area contributed by atoms with Crippen molar-refractivity contribution in [3.05, 3.63) is 88.4 Å². The third-order valence-electron chi connectivity index (χ3n) is 3.70. The van der Waals surface area contributed by atoms with Gasteiger partial charge in [0.25, 0.3) is 0 Å². The van der Waals surface area contributed by atoms with Gasteiger partial charge in [-0.2, -0.15) is 0 Å². The molecule has 2 aromatic carbocycles. The fourth-order valence-corrected chi connectivity index (χ4v) is 2.41. The third-order valence-corrected chi connectivity index (χ3v) is 3.70. The van der Waals surface area contributed by atoms with Crippen LogP contribution in [0.4, 0.5) is 30.7 Å². The molecular weight excluding hydrogens is 379 g/mol. The summed E-state index contributed by atoms with van der Waals surface area (Å²) in [7, 11) is 0. The second-order valence-corrected chi connectivity index (χ2v) is 5.27. The Kier molecular flexibility index (Phi) is 4.69. The van der Waals surface area contributed by atoms with Gasteiger partial charge in [-0.15, -0.1) is 0 Å². The number of halogens is 7. The van der Waals surface area contributed by atoms with E-state index < -0.39 is 63.2 Å². The summed E-state index contributed by atoms with van der Waals surface area (Å²) in [6.07, 6.45) is 1.27. The van der Waals surface area contributed by atoms with Crippen LogP contribution in [0.3, 0.4) is 0 Å². The monoisotopic (exact) mass is 385 g/mol. The van der Waals surface area contributed by atoms with Crippen LogP contribution in [0.2, 0.25) is 0 Å². The summed E-state index contributed by atoms with van der Waals surface area (Å²) >= 11 is 0. The minimum absolute atomic E-state index is 0.0403. The topological polar surface area (TPSA) is 30.0 Å². The van der Waals surface area contributed by atoms with Crippen LogP contribution in [0.15, 0.2) is 36.5 Å². The average molecular weight is 385 g/mol. The molecule has 1 aromatic heterocycles. The first-order chi connectivity index (χ1) is 12.8. The Balaban J connectivity index is 2.26. The van der Waals surface area contributed by atoms with Crippen LogP contribution in [-0.4, -0.2) is 10.8 Å². The molecule has 0 aliphatic rings. The van der Waals surface area contributed by atoms with E-state index in [4.69, 9.17) is 0 Å². The van der Waals surface area contributed by atoms with Crippen LogP contribution in [0.25, 0.3) is 11.3 Å². The van der Waals surface area contributed by atoms with E-state index in [1.165, 1.54) is 24.4 Å². The summed E-state index contributed by atoms with van der Waals surface area (Å²) in [6.45, 7) is 0. The first-order valence-electron chi connectivity index (χ1n) is 7.21. The van der Waals surface area contributed by atoms with Crippen LogP contribution in [-0.2, 0) is 0 Å². The lowest BCUT2D eigenvalue weighted by Gasteiger charge is -2.11. The number of hydrogen-bond donors (Lipinski definition) is 0. The minimum atomic E-state index is -2.50. The van der Waals surface area contributed by atoms with Crippen LogP contribution in [0.1, 0.15) is 15.9 Å². The smallest absolute Gasteiger partial charge is 0.205 e. The van der Waals surface area contributed by atoms with E-state index in [2.05, 4.69) is 4.98 Å². The molecule has 0 amide bonds. The Labute approximate surface area is 146 Å². The zero-order valence-corrected chi connectivity index (χ0v) is 13.0. The van der Waals surface area contributed by atoms with E-state index in [0.29, 0.717) is 6.07 Å². The molecule has 2 nitrogen and oxygen atoms in total. The van der Waals surface area contributed by atoms with E-state index in [1.807, 2.05) is 0 Å². The second kappa shape index (κ2) is 6.82. The van der Waals surface area contributed by atoms with Gasteiger partial charge in [0.2, 0.25) is 11.6 Å². The Morgan fingerprint density at radius 3 is 1.81 bits per heavy atom. The van der Waals surface area contributed by atoms with Crippen molar-refractivity contribution in [2.45, 2.75) is 0 Å². The summed E-state index contributed by atoms with van der Waals surface area (Å²) in [6, 6.07) is 5.79. The summed E-state index contributed by atoms with van der Waals surface area (Å²) in [4.78, 5) is 16.1. The van der Waals surface area contributed by atoms with Crippen molar-refractivity contribution in [3.63, 3.8) is 0 Å². The number of ketones is 1. The zero-order valence-electron chi connectivity index (χ0n) is 13.0. The Hall–Kier alpha value is -3.23. The Morgan fingerprint density at radius 1 is 0.667 bits per heavy atom. The maximum Gasteiger partial charge on any atom is 0.205 e. The van der Waals surface area contributed by atoms with E-state index in [9.17, 15) is 35.5 Å². The van der Waals surface area contributed by atoms with Crippen LogP contribution in [0, 0.1) is 40.7 Å². The van der Waals surface area contributed by atoms with Gasteiger partial charge in [0.1, 0.15) is 17.2 Å². The van der Waals surface area contributed by atoms with Gasteiger partial charge in [0, 0.05) is 11.8 Å². The molecule has 0 radical (unpaired) electrons. The van der Waals surface area contributed by atoms with E-state index in [-0.39, 0.29) is 5.69 Å². The van der Waals surface area contributed by atoms with Crippen LogP contribution >= 0.6 is 0 Å². The summed E-state index contributed by atoms with van der Waals surface area (Å²) in [5.41, 5.74) is -3.87. The SMILES string of the molecule is O=C(c1c(F)ccc(-c2ccccn2)c1F)c1c(F)c(F)c(F)c(F)c1F. The van der Waals surface area contributed by atoms with Crippen molar-refractivity contribution in [2.24, 2.45) is 0 Å². The van der Waals surface area contributed by atoms with Gasteiger partial charge in [0.05, 0.1) is 11.3 Å². The predicted molar refractivity (Wildman–Crippen MR) is 79.3 cm³/mol. The molecule has 0 aliphatic carbocycles. The minimum Gasteiger partial charge on any atom is -0.288 e. The van der Waals surface area contributed by atoms with Crippen molar-refractivity contribution in [1.29, 1.82) is 0 Å². The Bertz CT molecular complexity index is 1040. The molecule has 0 spiro atoms. The van der Waals surface area contributed by atoms with E-state index in [0.717, 1.165) is 6.07 Å². The lowest BCUT2D eigenvalue weighted by atomic mass is 9.97. The molecule has 0 N–H and O–H groups in total. The highest BCUT2D eigenvalue weighted by atomic mass is 19.2. The predicted octanol–water partition coefficient (Wildman–Crippen LogP) is 4.95. The largest absolute Gasteiger partial charge is 0.288 e. The molecule has 0 saturated heterocycles. The van der Waals surface area contributed by atoms with Crippen LogP contribution in [0.5, 0.6) is 0 Å². The molecule has 0 atom stereocenters. The molecule has 0 fully saturated rings. The fourth-order valence-electron chi connectivity index (χ4n) is 2.41. The molecule has 0 saturated carbocycles. The van der Waals surface area contributed by atoms with Gasteiger partial charge in [-0.1, -0.05) is 6.07 Å². The maximum atomic E-state index is 14.7. The number of benzene rings is 2. The number of nitrogens with zero attached hydrogens (tertiary/aromatic N) is 1. The molecule has 27 heavy (non-hydrogen) atoms. The van der Waals surface area contributed by atoms with Gasteiger partial charge in [-0.05, 0) is 24.3 Å². The van der Waals surface area contributed by atoms with Crippen molar-refractivity contribution >= 4 is 5.78 Å². The summed E-state index contributed by atoms with van der Waals surface area (Å²) < 4.78 is 96.1. The molecule has 3 aromatic rings. The highest BCUT2D eigenvalue weighted by Crippen LogP contribution is 2.30. The molecule has 138 valence electrons. The van der Waals surface area contributed by atoms with Crippen molar-refractivity contribution in [1.82, 2.24) is 4.98 Å². The van der Waals surface area contributed by atoms with Gasteiger partial charge < -0.3 is 0 Å². The van der Waals surface area contributed by atoms with Gasteiger partial charge in [-0.3, -0.25) is 9.78 Å². The molecule has 1 heterocycles. The summed E-state index contributed by atoms with van der Waals surface area (Å²) in [5.74, 6) is -17.4. The quantitative estimate of drug-likeness (QED) is 0.276. The Morgan fingerprint density at radius 2 is 1.26 bits per heavy atom. The third kappa shape index (κ3) is 2.94. The molecule has 9 heteroatoms. The number of carbonyl (C=O) groups is 1. The first kappa shape index (κ1) is 18.6. The number of rotatable bonds is 3. The number of pyridine rings is 1. The van der Waals surface area contributed by atoms with E-state index >= 15 is 0 Å². The molecule has 0 unspecified atom stereocenters. The van der Waals surface area contributed by atoms with Crippen molar-refractivity contribution in [2.75, 3.05) is 0 Å². The standard InChI is InChI=1S/C18H6F7NO/c19-8-5-4-7(9-3-1-2-6-26-9)12(20)10(8)18(27)11-13(21)15(23)17(25)16(24)14(11)22/h1-6H. The van der Waals surface area contributed by atoms with Crippen LogP contribution < -0.4 is 0 Å². The lowest BCUT2D eigenvalue weighted by Crippen LogP contribution is -2.16. The molecule has 0 aliphatic heterocycles. The number of aromatic nitrogens is 1. The van der Waals surface area contributed by atoms with Gasteiger partial charge in [0.15, 0.2) is 23.3 Å².